The maximum Gasteiger partial charge on any atom is 0.249 e. The van der Waals surface area contributed by atoms with E-state index in [0.29, 0.717) is 24.9 Å². The van der Waals surface area contributed by atoms with Crippen LogP contribution in [-0.2, 0) is 13.1 Å². The Balaban J connectivity index is 1.52. The average Bonchev–Trinajstić information content (AvgIpc) is 3.13. The lowest BCUT2D eigenvalue weighted by Crippen LogP contribution is -2.27. The minimum atomic E-state index is 0.491. The molecule has 1 aliphatic rings. The van der Waals surface area contributed by atoms with Gasteiger partial charge in [-0.15, -0.1) is 10.2 Å². The number of fused-ring (bicyclic) bond motifs is 1. The van der Waals surface area contributed by atoms with Crippen molar-refractivity contribution in [2.24, 2.45) is 0 Å². The van der Waals surface area contributed by atoms with Crippen LogP contribution in [0, 0.1) is 0 Å². The Bertz CT molecular complexity index is 866. The maximum absolute atomic E-state index is 5.90. The molecule has 1 aromatic carbocycles. The van der Waals surface area contributed by atoms with Crippen LogP contribution in [0.2, 0.25) is 0 Å². The molecule has 0 fully saturated rings. The van der Waals surface area contributed by atoms with Crippen LogP contribution < -0.4 is 9.47 Å². The van der Waals surface area contributed by atoms with Crippen molar-refractivity contribution < 1.29 is 13.9 Å². The lowest BCUT2D eigenvalue weighted by Gasteiger charge is -2.26. The first-order valence-electron chi connectivity index (χ1n) is 8.57. The molecule has 0 spiro atoms. The summed E-state index contributed by atoms with van der Waals surface area (Å²) in [5.41, 5.74) is 1.92. The largest absolute Gasteiger partial charge is 0.493 e. The zero-order valence-corrected chi connectivity index (χ0v) is 14.6. The summed E-state index contributed by atoms with van der Waals surface area (Å²) in [5.74, 6) is 2.67. The summed E-state index contributed by atoms with van der Waals surface area (Å²) in [4.78, 5) is 6.37. The molecular weight excluding hydrogens is 332 g/mol. The van der Waals surface area contributed by atoms with Gasteiger partial charge in [-0.1, -0.05) is 12.1 Å². The van der Waals surface area contributed by atoms with Gasteiger partial charge >= 0.3 is 0 Å². The molecule has 0 radical (unpaired) electrons. The second kappa shape index (κ2) is 7.53. The van der Waals surface area contributed by atoms with Gasteiger partial charge in [0.15, 0.2) is 11.5 Å². The molecule has 0 aliphatic carbocycles. The van der Waals surface area contributed by atoms with Crippen LogP contribution in [0.25, 0.3) is 11.5 Å². The highest BCUT2D eigenvalue weighted by molar-refractivity contribution is 5.50. The zero-order chi connectivity index (χ0) is 17.8. The van der Waals surface area contributed by atoms with Crippen LogP contribution in [0.15, 0.2) is 47.1 Å². The van der Waals surface area contributed by atoms with E-state index >= 15 is 0 Å². The van der Waals surface area contributed by atoms with E-state index in [9.17, 15) is 0 Å². The minimum Gasteiger partial charge on any atom is -0.493 e. The normalized spacial score (nSPS) is 14.8. The number of benzene rings is 1. The summed E-state index contributed by atoms with van der Waals surface area (Å²) in [6.45, 7) is 2.86. The third-order valence-corrected chi connectivity index (χ3v) is 4.27. The second-order valence-corrected chi connectivity index (χ2v) is 6.10. The van der Waals surface area contributed by atoms with Crippen LogP contribution >= 0.6 is 0 Å². The number of nitrogens with zero attached hydrogens (tertiary/aromatic N) is 4. The zero-order valence-electron chi connectivity index (χ0n) is 14.6. The van der Waals surface area contributed by atoms with E-state index in [1.54, 1.807) is 19.5 Å². The van der Waals surface area contributed by atoms with Gasteiger partial charge < -0.3 is 13.9 Å². The molecule has 0 saturated heterocycles. The van der Waals surface area contributed by atoms with E-state index in [-0.39, 0.29) is 0 Å². The summed E-state index contributed by atoms with van der Waals surface area (Å²) in [6.07, 6.45) is 4.35. The van der Waals surface area contributed by atoms with Crippen LogP contribution in [0.5, 0.6) is 11.5 Å². The van der Waals surface area contributed by atoms with Crippen LogP contribution in [0.4, 0.5) is 0 Å². The lowest BCUT2D eigenvalue weighted by atomic mass is 10.1. The number of hydrogen-bond acceptors (Lipinski definition) is 7. The average molecular weight is 352 g/mol. The fourth-order valence-corrected chi connectivity index (χ4v) is 3.04. The fraction of sp³-hybridized carbons (Fsp3) is 0.316. The van der Waals surface area contributed by atoms with E-state index in [1.165, 1.54) is 0 Å². The Morgan fingerprint density at radius 3 is 3.00 bits per heavy atom. The smallest absolute Gasteiger partial charge is 0.249 e. The van der Waals surface area contributed by atoms with Gasteiger partial charge in [-0.3, -0.25) is 9.88 Å². The molecule has 134 valence electrons. The molecule has 0 saturated carbocycles. The predicted octanol–water partition coefficient (Wildman–Crippen LogP) is 2.92. The van der Waals surface area contributed by atoms with Crippen LogP contribution in [0.1, 0.15) is 17.9 Å². The molecule has 0 N–H and O–H groups in total. The summed E-state index contributed by atoms with van der Waals surface area (Å²) < 4.78 is 17.1. The number of aromatic nitrogens is 3. The van der Waals surface area contributed by atoms with Gasteiger partial charge in [-0.25, -0.2) is 0 Å². The third-order valence-electron chi connectivity index (χ3n) is 4.27. The number of hydrogen-bond donors (Lipinski definition) is 0. The summed E-state index contributed by atoms with van der Waals surface area (Å²) in [6, 6.07) is 9.71. The quantitative estimate of drug-likeness (QED) is 0.715. The van der Waals surface area contributed by atoms with Gasteiger partial charge in [0.05, 0.1) is 25.8 Å². The van der Waals surface area contributed by atoms with E-state index in [1.807, 2.05) is 24.3 Å². The molecule has 3 aromatic rings. The van der Waals surface area contributed by atoms with Crippen LogP contribution in [-0.4, -0.2) is 40.3 Å². The van der Waals surface area contributed by atoms with Crippen molar-refractivity contribution in [2.75, 3.05) is 20.3 Å². The molecule has 0 unspecified atom stereocenters. The Hall–Kier alpha value is -2.93. The minimum absolute atomic E-state index is 0.491. The first kappa shape index (κ1) is 16.5. The van der Waals surface area contributed by atoms with E-state index in [2.05, 4.69) is 26.1 Å². The highest BCUT2D eigenvalue weighted by Gasteiger charge is 2.19. The van der Waals surface area contributed by atoms with Gasteiger partial charge in [-0.2, -0.15) is 0 Å². The van der Waals surface area contributed by atoms with Crippen molar-refractivity contribution in [1.82, 2.24) is 20.1 Å². The molecule has 2 aromatic heterocycles. The molecule has 3 heterocycles. The summed E-state index contributed by atoms with van der Waals surface area (Å²) in [7, 11) is 1.66. The highest BCUT2D eigenvalue weighted by Crippen LogP contribution is 2.33. The molecule has 1 aliphatic heterocycles. The Morgan fingerprint density at radius 1 is 1.19 bits per heavy atom. The molecule has 0 amide bonds. The molecule has 7 heteroatoms. The monoisotopic (exact) mass is 352 g/mol. The number of ether oxygens (including phenoxy) is 2. The SMILES string of the molecule is COc1cccc2c1OCCCN(Cc1nnc(-c3cccnc3)o1)C2. The first-order valence-corrected chi connectivity index (χ1v) is 8.57. The number of methoxy groups -OCH3 is 1. The number of rotatable bonds is 4. The van der Waals surface area contributed by atoms with Crippen LogP contribution in [0.3, 0.4) is 0 Å². The van der Waals surface area contributed by atoms with Gasteiger partial charge in [0.25, 0.3) is 0 Å². The number of pyridine rings is 1. The maximum atomic E-state index is 5.90. The highest BCUT2D eigenvalue weighted by atomic mass is 16.5. The van der Waals surface area contributed by atoms with Gasteiger partial charge in [-0.05, 0) is 24.6 Å². The Kier molecular flexibility index (Phi) is 4.79. The Morgan fingerprint density at radius 2 is 2.15 bits per heavy atom. The number of para-hydroxylation sites is 1. The Labute approximate surface area is 151 Å². The molecule has 0 bridgehead atoms. The lowest BCUT2D eigenvalue weighted by molar-refractivity contribution is 0.183. The molecule has 4 rings (SSSR count). The van der Waals surface area contributed by atoms with Gasteiger partial charge in [0.2, 0.25) is 11.8 Å². The van der Waals surface area contributed by atoms with E-state index in [4.69, 9.17) is 13.9 Å². The molecule has 7 nitrogen and oxygen atoms in total. The van der Waals surface area contributed by atoms with Crippen molar-refractivity contribution >= 4 is 0 Å². The van der Waals surface area contributed by atoms with Crippen molar-refractivity contribution in [2.45, 2.75) is 19.5 Å². The van der Waals surface area contributed by atoms with E-state index in [0.717, 1.165) is 42.1 Å². The van der Waals surface area contributed by atoms with E-state index < -0.39 is 0 Å². The predicted molar refractivity (Wildman–Crippen MR) is 94.7 cm³/mol. The molecule has 0 atom stereocenters. The summed E-state index contributed by atoms with van der Waals surface area (Å²) >= 11 is 0. The van der Waals surface area contributed by atoms with Crippen molar-refractivity contribution in [3.05, 3.63) is 54.2 Å². The summed E-state index contributed by atoms with van der Waals surface area (Å²) in [5, 5.41) is 8.33. The van der Waals surface area contributed by atoms with Crippen molar-refractivity contribution in [1.29, 1.82) is 0 Å². The van der Waals surface area contributed by atoms with Crippen molar-refractivity contribution in [3.63, 3.8) is 0 Å². The van der Waals surface area contributed by atoms with Gasteiger partial charge in [0.1, 0.15) is 0 Å². The third kappa shape index (κ3) is 3.52. The molecular formula is C19H20N4O3. The van der Waals surface area contributed by atoms with Gasteiger partial charge in [0, 0.05) is 31.0 Å². The fourth-order valence-electron chi connectivity index (χ4n) is 3.04. The first-order chi connectivity index (χ1) is 12.8. The topological polar surface area (TPSA) is 73.5 Å². The standard InChI is InChI=1S/C19H20N4O3/c1-24-16-7-2-5-15-12-23(9-4-10-25-18(15)16)13-17-21-22-19(26-17)14-6-3-8-20-11-14/h2-3,5-8,11H,4,9-10,12-13H2,1H3. The second-order valence-electron chi connectivity index (χ2n) is 6.10. The van der Waals surface area contributed by atoms with Crippen molar-refractivity contribution in [3.8, 4) is 23.0 Å². The molecule has 26 heavy (non-hydrogen) atoms.